The summed E-state index contributed by atoms with van der Waals surface area (Å²) < 4.78 is 7.05. The number of hydrogen-bond donors (Lipinski definition) is 1. The van der Waals surface area contributed by atoms with Gasteiger partial charge in [-0.15, -0.1) is 0 Å². The molecule has 2 aromatic heterocycles. The topological polar surface area (TPSA) is 63.4 Å². The minimum Gasteiger partial charge on any atom is -0.493 e. The Kier molecular flexibility index (Phi) is 5.17. The van der Waals surface area contributed by atoms with Gasteiger partial charge in [-0.25, -0.2) is 4.98 Å². The van der Waals surface area contributed by atoms with Crippen molar-refractivity contribution in [2.75, 3.05) is 27.7 Å². The lowest BCUT2D eigenvalue weighted by Gasteiger charge is -2.17. The van der Waals surface area contributed by atoms with E-state index in [9.17, 15) is 5.11 Å². The molecule has 21 heavy (non-hydrogen) atoms. The van der Waals surface area contributed by atoms with E-state index in [-0.39, 0.29) is 0 Å². The van der Waals surface area contributed by atoms with Crippen molar-refractivity contribution in [1.29, 1.82) is 0 Å². The van der Waals surface area contributed by atoms with Crippen molar-refractivity contribution >= 4 is 11.6 Å². The van der Waals surface area contributed by atoms with Gasteiger partial charge in [0, 0.05) is 12.7 Å². The molecule has 2 heterocycles. The Morgan fingerprint density at radius 1 is 1.48 bits per heavy atom. The highest BCUT2D eigenvalue weighted by Gasteiger charge is 2.22. The Labute approximate surface area is 128 Å². The van der Waals surface area contributed by atoms with Crippen molar-refractivity contribution in [1.82, 2.24) is 19.7 Å². The van der Waals surface area contributed by atoms with Crippen LogP contribution >= 0.6 is 11.6 Å². The molecule has 0 radical (unpaired) electrons. The predicted molar refractivity (Wildman–Crippen MR) is 80.6 cm³/mol. The van der Waals surface area contributed by atoms with Gasteiger partial charge in [0.25, 0.3) is 0 Å². The Hall–Kier alpha value is -1.63. The average molecular weight is 311 g/mol. The second kappa shape index (κ2) is 6.89. The van der Waals surface area contributed by atoms with Crippen LogP contribution in [-0.4, -0.2) is 52.5 Å². The summed E-state index contributed by atoms with van der Waals surface area (Å²) in [4.78, 5) is 5.97. The largest absolute Gasteiger partial charge is 0.493 e. The Morgan fingerprint density at radius 2 is 2.24 bits per heavy atom. The lowest BCUT2D eigenvalue weighted by molar-refractivity contribution is 0.200. The fraction of sp³-hybridized carbons (Fsp3) is 0.429. The van der Waals surface area contributed by atoms with Gasteiger partial charge >= 0.3 is 0 Å². The summed E-state index contributed by atoms with van der Waals surface area (Å²) >= 11 is 5.88. The summed E-state index contributed by atoms with van der Waals surface area (Å²) in [5.41, 5.74) is 1.27. The zero-order valence-electron chi connectivity index (χ0n) is 12.3. The van der Waals surface area contributed by atoms with Crippen LogP contribution in [0.15, 0.2) is 24.5 Å². The smallest absolute Gasteiger partial charge is 0.163 e. The molecule has 0 fully saturated rings. The third-order valence-corrected chi connectivity index (χ3v) is 3.36. The molecule has 0 amide bonds. The number of halogens is 1. The van der Waals surface area contributed by atoms with Crippen molar-refractivity contribution in [2.45, 2.75) is 12.6 Å². The third-order valence-electron chi connectivity index (χ3n) is 3.15. The molecule has 1 unspecified atom stereocenters. The molecule has 0 aliphatic carbocycles. The Morgan fingerprint density at radius 3 is 2.86 bits per heavy atom. The minimum atomic E-state index is -0.870. The number of pyridine rings is 1. The van der Waals surface area contributed by atoms with Gasteiger partial charge in [0.05, 0.1) is 19.9 Å². The normalized spacial score (nSPS) is 12.7. The summed E-state index contributed by atoms with van der Waals surface area (Å²) in [7, 11) is 5.53. The second-order valence-corrected chi connectivity index (χ2v) is 5.33. The molecule has 0 spiro atoms. The third kappa shape index (κ3) is 3.72. The van der Waals surface area contributed by atoms with E-state index in [0.717, 1.165) is 6.54 Å². The molecule has 7 heteroatoms. The van der Waals surface area contributed by atoms with Crippen molar-refractivity contribution in [2.24, 2.45) is 0 Å². The van der Waals surface area contributed by atoms with Crippen LogP contribution in [0.25, 0.3) is 0 Å². The summed E-state index contributed by atoms with van der Waals surface area (Å²) in [6, 6.07) is 3.36. The van der Waals surface area contributed by atoms with Gasteiger partial charge in [-0.1, -0.05) is 11.6 Å². The zero-order chi connectivity index (χ0) is 15.4. The molecular weight excluding hydrogens is 292 g/mol. The van der Waals surface area contributed by atoms with E-state index in [1.165, 1.54) is 0 Å². The van der Waals surface area contributed by atoms with Crippen molar-refractivity contribution in [3.63, 3.8) is 0 Å². The molecule has 0 aliphatic rings. The number of nitrogens with zero attached hydrogens (tertiary/aromatic N) is 4. The van der Waals surface area contributed by atoms with Crippen LogP contribution < -0.4 is 4.74 Å². The maximum absolute atomic E-state index is 10.6. The molecule has 2 rings (SSSR count). The minimum absolute atomic E-state index is 0.338. The quantitative estimate of drug-likeness (QED) is 0.821. The number of aromatic nitrogens is 3. The summed E-state index contributed by atoms with van der Waals surface area (Å²) in [5, 5.41) is 15.2. The summed E-state index contributed by atoms with van der Waals surface area (Å²) in [6.45, 7) is 1.46. The molecule has 2 aromatic rings. The first kappa shape index (κ1) is 15.8. The number of aliphatic hydroxyl groups excluding tert-OH is 1. The molecule has 6 nitrogen and oxygen atoms in total. The Bertz CT molecular complexity index is 600. The van der Waals surface area contributed by atoms with Crippen LogP contribution in [-0.2, 0) is 6.54 Å². The van der Waals surface area contributed by atoms with Gasteiger partial charge in [-0.3, -0.25) is 4.68 Å². The maximum atomic E-state index is 10.6. The lowest BCUT2D eigenvalue weighted by atomic mass is 10.1. The Balaban J connectivity index is 2.34. The predicted octanol–water partition coefficient (Wildman–Crippen LogP) is 1.58. The van der Waals surface area contributed by atoms with Gasteiger partial charge in [-0.05, 0) is 31.8 Å². The van der Waals surface area contributed by atoms with Gasteiger partial charge in [0.2, 0.25) is 0 Å². The second-order valence-electron chi connectivity index (χ2n) is 4.94. The lowest BCUT2D eigenvalue weighted by Crippen LogP contribution is -2.21. The van der Waals surface area contributed by atoms with Crippen LogP contribution in [0, 0.1) is 0 Å². The van der Waals surface area contributed by atoms with Crippen molar-refractivity contribution in [3.05, 3.63) is 40.9 Å². The maximum Gasteiger partial charge on any atom is 0.163 e. The van der Waals surface area contributed by atoms with Crippen LogP contribution in [0.3, 0.4) is 0 Å². The highest BCUT2D eigenvalue weighted by atomic mass is 35.5. The van der Waals surface area contributed by atoms with Gasteiger partial charge in [0.1, 0.15) is 17.0 Å². The van der Waals surface area contributed by atoms with E-state index in [1.54, 1.807) is 36.3 Å². The molecule has 1 N–H and O–H groups in total. The summed E-state index contributed by atoms with van der Waals surface area (Å²) in [6.07, 6.45) is 2.30. The monoisotopic (exact) mass is 310 g/mol. The summed E-state index contributed by atoms with van der Waals surface area (Å²) in [5.74, 6) is 0.550. The molecule has 0 saturated heterocycles. The van der Waals surface area contributed by atoms with Crippen molar-refractivity contribution in [3.8, 4) is 5.75 Å². The zero-order valence-corrected chi connectivity index (χ0v) is 13.1. The number of hydrogen-bond acceptors (Lipinski definition) is 5. The van der Waals surface area contributed by atoms with Crippen molar-refractivity contribution < 1.29 is 9.84 Å². The fourth-order valence-corrected chi connectivity index (χ4v) is 2.21. The first-order valence-corrected chi connectivity index (χ1v) is 6.94. The average Bonchev–Trinajstić information content (AvgIpc) is 2.87. The van der Waals surface area contributed by atoms with Crippen LogP contribution in [0.4, 0.5) is 0 Å². The van der Waals surface area contributed by atoms with Gasteiger partial charge in [-0.2, -0.15) is 5.10 Å². The molecular formula is C14H19ClN4O2. The molecule has 0 aromatic carbocycles. The van der Waals surface area contributed by atoms with Gasteiger partial charge in [0.15, 0.2) is 5.75 Å². The number of methoxy groups -OCH3 is 1. The van der Waals surface area contributed by atoms with E-state index in [2.05, 4.69) is 10.1 Å². The van der Waals surface area contributed by atoms with Crippen LogP contribution in [0.2, 0.25) is 5.15 Å². The first-order valence-electron chi connectivity index (χ1n) is 6.57. The van der Waals surface area contributed by atoms with Crippen LogP contribution in [0.5, 0.6) is 5.75 Å². The molecule has 0 saturated carbocycles. The van der Waals surface area contributed by atoms with E-state index >= 15 is 0 Å². The number of likely N-dealkylation sites (N-methyl/N-ethyl adjacent to an activating group) is 1. The van der Waals surface area contributed by atoms with E-state index in [4.69, 9.17) is 16.3 Å². The van der Waals surface area contributed by atoms with Crippen LogP contribution in [0.1, 0.15) is 17.4 Å². The highest BCUT2D eigenvalue weighted by Crippen LogP contribution is 2.30. The van der Waals surface area contributed by atoms with E-state index in [1.807, 2.05) is 19.0 Å². The molecule has 0 bridgehead atoms. The SMILES string of the molecule is COc1cnn(CCN(C)C)c1C(O)c1ccnc(Cl)c1. The number of aliphatic hydroxyl groups is 1. The van der Waals surface area contributed by atoms with E-state index < -0.39 is 6.10 Å². The first-order chi connectivity index (χ1) is 10.0. The molecule has 1 atom stereocenters. The highest BCUT2D eigenvalue weighted by molar-refractivity contribution is 6.29. The molecule has 0 aliphatic heterocycles. The standard InChI is InChI=1S/C14H19ClN4O2/c1-18(2)6-7-19-13(11(21-3)9-17-19)14(20)10-4-5-16-12(15)8-10/h4-5,8-9,14,20H,6-7H2,1-3H3. The van der Waals surface area contributed by atoms with E-state index in [0.29, 0.717) is 28.7 Å². The molecule has 114 valence electrons. The number of ether oxygens (including phenoxy) is 1. The fourth-order valence-electron chi connectivity index (χ4n) is 2.03. The van der Waals surface area contributed by atoms with Gasteiger partial charge < -0.3 is 14.7 Å². The number of rotatable bonds is 6.